The van der Waals surface area contributed by atoms with Crippen molar-refractivity contribution < 1.29 is 9.84 Å². The molecule has 0 atom stereocenters. The van der Waals surface area contributed by atoms with Gasteiger partial charge in [-0.15, -0.1) is 0 Å². The van der Waals surface area contributed by atoms with Gasteiger partial charge in [0, 0.05) is 12.6 Å². The van der Waals surface area contributed by atoms with E-state index in [1.165, 1.54) is 12.8 Å². The maximum atomic E-state index is 8.46. The molecule has 1 aliphatic rings. The van der Waals surface area contributed by atoms with Crippen molar-refractivity contribution in [1.82, 2.24) is 10.6 Å². The molecule has 1 rings (SSSR count). The average Bonchev–Trinajstić information content (AvgIpc) is 2.19. The first-order valence-electron chi connectivity index (χ1n) is 5.06. The molecule has 0 bridgehead atoms. The van der Waals surface area contributed by atoms with Gasteiger partial charge in [-0.3, -0.25) is 0 Å². The lowest BCUT2D eigenvalue weighted by atomic mass is 10.1. The highest BCUT2D eigenvalue weighted by Crippen LogP contribution is 2.00. The number of aliphatic hydroxyl groups excluding tert-OH is 1. The number of piperidine rings is 1. The van der Waals surface area contributed by atoms with Gasteiger partial charge < -0.3 is 20.5 Å². The van der Waals surface area contributed by atoms with Gasteiger partial charge >= 0.3 is 0 Å². The Bertz CT molecular complexity index is 116. The standard InChI is InChI=1S/C9H20N2O2/c12-6-8-13-7-5-11-9-1-3-10-4-2-9/h9-12H,1-8H2. The summed E-state index contributed by atoms with van der Waals surface area (Å²) in [5.74, 6) is 0. The number of ether oxygens (including phenoxy) is 1. The summed E-state index contributed by atoms with van der Waals surface area (Å²) in [6.07, 6.45) is 2.42. The fraction of sp³-hybridized carbons (Fsp3) is 1.00. The summed E-state index contributed by atoms with van der Waals surface area (Å²) in [6, 6.07) is 0.652. The van der Waals surface area contributed by atoms with Crippen LogP contribution in [-0.2, 0) is 4.74 Å². The molecule has 0 aliphatic carbocycles. The number of nitrogens with one attached hydrogen (secondary N) is 2. The summed E-state index contributed by atoms with van der Waals surface area (Å²) < 4.78 is 5.15. The number of aliphatic hydroxyl groups is 1. The first kappa shape index (κ1) is 10.9. The minimum absolute atomic E-state index is 0.118. The van der Waals surface area contributed by atoms with Crippen LogP contribution in [0.5, 0.6) is 0 Å². The lowest BCUT2D eigenvalue weighted by Crippen LogP contribution is -2.41. The van der Waals surface area contributed by atoms with Crippen LogP contribution in [0, 0.1) is 0 Å². The van der Waals surface area contributed by atoms with Crippen LogP contribution in [0.3, 0.4) is 0 Å². The second-order valence-corrected chi connectivity index (χ2v) is 3.31. The lowest BCUT2D eigenvalue weighted by Gasteiger charge is -2.23. The van der Waals surface area contributed by atoms with Crippen LogP contribution in [0.15, 0.2) is 0 Å². The monoisotopic (exact) mass is 188 g/mol. The summed E-state index contributed by atoms with van der Waals surface area (Å²) in [6.45, 7) is 4.40. The summed E-state index contributed by atoms with van der Waals surface area (Å²) in [7, 11) is 0. The fourth-order valence-electron chi connectivity index (χ4n) is 1.53. The Kier molecular flexibility index (Phi) is 6.10. The molecule has 0 radical (unpaired) electrons. The summed E-state index contributed by atoms with van der Waals surface area (Å²) in [5, 5.41) is 15.2. The molecule has 1 saturated heterocycles. The second-order valence-electron chi connectivity index (χ2n) is 3.31. The number of hydrogen-bond acceptors (Lipinski definition) is 4. The Morgan fingerprint density at radius 3 is 2.77 bits per heavy atom. The summed E-state index contributed by atoms with van der Waals surface area (Å²) in [4.78, 5) is 0. The van der Waals surface area contributed by atoms with Gasteiger partial charge in [0.15, 0.2) is 0 Å². The van der Waals surface area contributed by atoms with E-state index in [2.05, 4.69) is 10.6 Å². The van der Waals surface area contributed by atoms with Crippen LogP contribution in [0.2, 0.25) is 0 Å². The zero-order valence-electron chi connectivity index (χ0n) is 8.09. The molecule has 1 fully saturated rings. The molecule has 0 saturated carbocycles. The van der Waals surface area contributed by atoms with Crippen molar-refractivity contribution in [2.75, 3.05) is 39.5 Å². The normalized spacial score (nSPS) is 19.2. The Balaban J connectivity index is 1.86. The van der Waals surface area contributed by atoms with Gasteiger partial charge in [-0.05, 0) is 25.9 Å². The SMILES string of the molecule is OCCOCCNC1CCNCC1. The molecule has 1 heterocycles. The van der Waals surface area contributed by atoms with E-state index in [-0.39, 0.29) is 6.61 Å². The van der Waals surface area contributed by atoms with Gasteiger partial charge in [0.2, 0.25) is 0 Å². The Labute approximate surface area is 79.7 Å². The van der Waals surface area contributed by atoms with E-state index >= 15 is 0 Å². The van der Waals surface area contributed by atoms with E-state index in [0.717, 1.165) is 19.6 Å². The Morgan fingerprint density at radius 1 is 1.31 bits per heavy atom. The molecule has 0 spiro atoms. The smallest absolute Gasteiger partial charge is 0.0698 e. The molecule has 13 heavy (non-hydrogen) atoms. The molecule has 4 heteroatoms. The Morgan fingerprint density at radius 2 is 2.08 bits per heavy atom. The molecule has 0 aromatic carbocycles. The molecule has 0 aromatic heterocycles. The van der Waals surface area contributed by atoms with Gasteiger partial charge in [0.25, 0.3) is 0 Å². The van der Waals surface area contributed by atoms with E-state index in [9.17, 15) is 0 Å². The molecule has 3 N–H and O–H groups in total. The van der Waals surface area contributed by atoms with Crippen molar-refractivity contribution in [3.63, 3.8) is 0 Å². The summed E-state index contributed by atoms with van der Waals surface area (Å²) in [5.41, 5.74) is 0. The quantitative estimate of drug-likeness (QED) is 0.484. The van der Waals surface area contributed by atoms with Crippen molar-refractivity contribution in [3.05, 3.63) is 0 Å². The van der Waals surface area contributed by atoms with Crippen LogP contribution in [0.4, 0.5) is 0 Å². The minimum atomic E-state index is 0.118. The predicted molar refractivity (Wildman–Crippen MR) is 51.8 cm³/mol. The first-order valence-corrected chi connectivity index (χ1v) is 5.06. The van der Waals surface area contributed by atoms with E-state index in [1.807, 2.05) is 0 Å². The highest BCUT2D eigenvalue weighted by molar-refractivity contribution is 4.73. The van der Waals surface area contributed by atoms with Crippen molar-refractivity contribution in [2.24, 2.45) is 0 Å². The zero-order valence-corrected chi connectivity index (χ0v) is 8.09. The van der Waals surface area contributed by atoms with Gasteiger partial charge in [-0.1, -0.05) is 0 Å². The highest BCUT2D eigenvalue weighted by atomic mass is 16.5. The minimum Gasteiger partial charge on any atom is -0.394 e. The van der Waals surface area contributed by atoms with E-state index in [1.54, 1.807) is 0 Å². The first-order chi connectivity index (χ1) is 6.43. The van der Waals surface area contributed by atoms with Crippen molar-refractivity contribution in [3.8, 4) is 0 Å². The van der Waals surface area contributed by atoms with E-state index in [0.29, 0.717) is 19.3 Å². The molecular formula is C9H20N2O2. The van der Waals surface area contributed by atoms with Gasteiger partial charge in [-0.25, -0.2) is 0 Å². The topological polar surface area (TPSA) is 53.5 Å². The predicted octanol–water partition coefficient (Wildman–Crippen LogP) is -0.663. The highest BCUT2D eigenvalue weighted by Gasteiger charge is 2.10. The Hall–Kier alpha value is -0.160. The third-order valence-corrected chi connectivity index (χ3v) is 2.25. The molecule has 1 aliphatic heterocycles. The van der Waals surface area contributed by atoms with Gasteiger partial charge in [-0.2, -0.15) is 0 Å². The van der Waals surface area contributed by atoms with Crippen LogP contribution < -0.4 is 10.6 Å². The van der Waals surface area contributed by atoms with Gasteiger partial charge in [0.05, 0.1) is 19.8 Å². The molecular weight excluding hydrogens is 168 g/mol. The zero-order chi connectivity index (χ0) is 9.36. The number of rotatable bonds is 6. The molecule has 0 amide bonds. The van der Waals surface area contributed by atoms with Crippen LogP contribution in [-0.4, -0.2) is 50.6 Å². The molecule has 4 nitrogen and oxygen atoms in total. The van der Waals surface area contributed by atoms with Crippen LogP contribution in [0.1, 0.15) is 12.8 Å². The van der Waals surface area contributed by atoms with Crippen LogP contribution in [0.25, 0.3) is 0 Å². The summed E-state index contributed by atoms with van der Waals surface area (Å²) >= 11 is 0. The van der Waals surface area contributed by atoms with E-state index in [4.69, 9.17) is 9.84 Å². The molecule has 0 unspecified atom stereocenters. The molecule has 78 valence electrons. The van der Waals surface area contributed by atoms with Crippen molar-refractivity contribution >= 4 is 0 Å². The third kappa shape index (κ3) is 5.21. The van der Waals surface area contributed by atoms with Crippen molar-refractivity contribution in [1.29, 1.82) is 0 Å². The fourth-order valence-corrected chi connectivity index (χ4v) is 1.53. The van der Waals surface area contributed by atoms with E-state index < -0.39 is 0 Å². The maximum Gasteiger partial charge on any atom is 0.0698 e. The van der Waals surface area contributed by atoms with Crippen molar-refractivity contribution in [2.45, 2.75) is 18.9 Å². The number of hydrogen-bond donors (Lipinski definition) is 3. The maximum absolute atomic E-state index is 8.46. The largest absolute Gasteiger partial charge is 0.394 e. The molecule has 0 aromatic rings. The third-order valence-electron chi connectivity index (χ3n) is 2.25. The van der Waals surface area contributed by atoms with Gasteiger partial charge in [0.1, 0.15) is 0 Å². The average molecular weight is 188 g/mol. The lowest BCUT2D eigenvalue weighted by molar-refractivity contribution is 0.0919. The van der Waals surface area contributed by atoms with Crippen LogP contribution >= 0.6 is 0 Å². The second kappa shape index (κ2) is 7.26.